The van der Waals surface area contributed by atoms with Crippen molar-refractivity contribution < 1.29 is 22.7 Å². The van der Waals surface area contributed by atoms with E-state index in [9.17, 15) is 18.0 Å². The van der Waals surface area contributed by atoms with Crippen LogP contribution < -0.4 is 10.5 Å². The Bertz CT molecular complexity index is 598. The number of rotatable bonds is 3. The Balaban J connectivity index is 1.70. The van der Waals surface area contributed by atoms with Crippen molar-refractivity contribution in [2.75, 3.05) is 19.6 Å². The zero-order valence-electron chi connectivity index (χ0n) is 13.3. The van der Waals surface area contributed by atoms with Crippen molar-refractivity contribution in [1.29, 1.82) is 0 Å². The van der Waals surface area contributed by atoms with Gasteiger partial charge in [0.25, 0.3) is 0 Å². The van der Waals surface area contributed by atoms with Crippen molar-refractivity contribution >= 4 is 5.91 Å². The summed E-state index contributed by atoms with van der Waals surface area (Å²) in [5.41, 5.74) is 6.12. The summed E-state index contributed by atoms with van der Waals surface area (Å²) in [5.74, 6) is -0.811. The SMILES string of the molecule is NC(=O)C1CCN(C[C@@H]2Cc3ccccc3O[C@H]2C(F)(F)F)CC1. The summed E-state index contributed by atoms with van der Waals surface area (Å²) in [4.78, 5) is 13.2. The van der Waals surface area contributed by atoms with Gasteiger partial charge in [-0.2, -0.15) is 13.2 Å². The number of nitrogens with two attached hydrogens (primary N) is 1. The highest BCUT2D eigenvalue weighted by molar-refractivity contribution is 5.76. The van der Waals surface area contributed by atoms with Crippen LogP contribution >= 0.6 is 0 Å². The van der Waals surface area contributed by atoms with E-state index < -0.39 is 18.2 Å². The maximum Gasteiger partial charge on any atom is 0.425 e. The number of likely N-dealkylation sites (tertiary alicyclic amines) is 1. The molecule has 4 nitrogen and oxygen atoms in total. The first-order valence-electron chi connectivity index (χ1n) is 8.17. The zero-order valence-corrected chi connectivity index (χ0v) is 13.3. The molecule has 2 aliphatic heterocycles. The van der Waals surface area contributed by atoms with Gasteiger partial charge in [0.05, 0.1) is 0 Å². The van der Waals surface area contributed by atoms with E-state index >= 15 is 0 Å². The molecule has 0 saturated carbocycles. The Morgan fingerprint density at radius 2 is 1.92 bits per heavy atom. The molecule has 0 aliphatic carbocycles. The maximum atomic E-state index is 13.4. The van der Waals surface area contributed by atoms with Crippen LogP contribution in [0.15, 0.2) is 24.3 Å². The van der Waals surface area contributed by atoms with Crippen LogP contribution in [0.4, 0.5) is 13.2 Å². The second-order valence-electron chi connectivity index (χ2n) is 6.63. The van der Waals surface area contributed by atoms with Gasteiger partial charge in [-0.15, -0.1) is 0 Å². The summed E-state index contributed by atoms with van der Waals surface area (Å²) in [6.07, 6.45) is -4.63. The molecule has 2 N–H and O–H groups in total. The van der Waals surface area contributed by atoms with Gasteiger partial charge in [-0.3, -0.25) is 4.79 Å². The highest BCUT2D eigenvalue weighted by Crippen LogP contribution is 2.38. The summed E-state index contributed by atoms with van der Waals surface area (Å²) >= 11 is 0. The maximum absolute atomic E-state index is 13.4. The van der Waals surface area contributed by atoms with Crippen LogP contribution in [0.1, 0.15) is 18.4 Å². The lowest BCUT2D eigenvalue weighted by Gasteiger charge is -2.39. The first-order chi connectivity index (χ1) is 11.3. The van der Waals surface area contributed by atoms with Gasteiger partial charge in [0, 0.05) is 18.4 Å². The van der Waals surface area contributed by atoms with Crippen molar-refractivity contribution in [3.05, 3.63) is 29.8 Å². The fourth-order valence-electron chi connectivity index (χ4n) is 3.64. The monoisotopic (exact) mass is 342 g/mol. The van der Waals surface area contributed by atoms with Crippen LogP contribution in [0.2, 0.25) is 0 Å². The molecule has 2 atom stereocenters. The summed E-state index contributed by atoms with van der Waals surface area (Å²) in [5, 5.41) is 0. The zero-order chi connectivity index (χ0) is 17.3. The minimum Gasteiger partial charge on any atom is -0.480 e. The van der Waals surface area contributed by atoms with E-state index in [0.717, 1.165) is 5.56 Å². The van der Waals surface area contributed by atoms with Gasteiger partial charge in [0.2, 0.25) is 5.91 Å². The van der Waals surface area contributed by atoms with E-state index in [1.165, 1.54) is 0 Å². The number of carbonyl (C=O) groups excluding carboxylic acids is 1. The predicted molar refractivity (Wildman–Crippen MR) is 82.5 cm³/mol. The van der Waals surface area contributed by atoms with Crippen molar-refractivity contribution in [3.8, 4) is 5.75 Å². The Morgan fingerprint density at radius 1 is 1.25 bits per heavy atom. The molecule has 1 saturated heterocycles. The summed E-state index contributed by atoms with van der Waals surface area (Å²) in [6, 6.07) is 6.89. The summed E-state index contributed by atoms with van der Waals surface area (Å²) in [6.45, 7) is 1.50. The normalized spacial score (nSPS) is 25.8. The fraction of sp³-hybridized carbons (Fsp3) is 0.588. The van der Waals surface area contributed by atoms with Crippen LogP contribution in [0.3, 0.4) is 0 Å². The van der Waals surface area contributed by atoms with Crippen molar-refractivity contribution in [1.82, 2.24) is 4.90 Å². The summed E-state index contributed by atoms with van der Waals surface area (Å²) in [7, 11) is 0. The minimum absolute atomic E-state index is 0.164. The van der Waals surface area contributed by atoms with Gasteiger partial charge in [-0.05, 0) is 44.0 Å². The second kappa shape index (κ2) is 6.63. The quantitative estimate of drug-likeness (QED) is 0.917. The number of ether oxygens (including phenoxy) is 1. The number of alkyl halides is 3. The number of benzene rings is 1. The first-order valence-corrected chi connectivity index (χ1v) is 8.17. The van der Waals surface area contributed by atoms with Crippen LogP contribution in [-0.4, -0.2) is 42.7 Å². The molecule has 1 aromatic carbocycles. The van der Waals surface area contributed by atoms with Crippen LogP contribution in [0.5, 0.6) is 5.75 Å². The van der Waals surface area contributed by atoms with Gasteiger partial charge < -0.3 is 15.4 Å². The molecule has 24 heavy (non-hydrogen) atoms. The van der Waals surface area contributed by atoms with Gasteiger partial charge in [0.15, 0.2) is 6.10 Å². The third-order valence-electron chi connectivity index (χ3n) is 4.94. The Kier molecular flexibility index (Phi) is 4.71. The Morgan fingerprint density at radius 3 is 2.54 bits per heavy atom. The molecule has 1 aromatic rings. The van der Waals surface area contributed by atoms with Gasteiger partial charge >= 0.3 is 6.18 Å². The molecule has 1 amide bonds. The molecule has 0 spiro atoms. The molecule has 1 fully saturated rings. The number of halogens is 3. The molecule has 0 bridgehead atoms. The molecule has 7 heteroatoms. The lowest BCUT2D eigenvalue weighted by molar-refractivity contribution is -0.215. The summed E-state index contributed by atoms with van der Waals surface area (Å²) < 4.78 is 45.5. The van der Waals surface area contributed by atoms with E-state index in [1.54, 1.807) is 12.1 Å². The number of nitrogens with zero attached hydrogens (tertiary/aromatic N) is 1. The van der Waals surface area contributed by atoms with E-state index in [2.05, 4.69) is 0 Å². The van der Waals surface area contributed by atoms with Crippen LogP contribution in [-0.2, 0) is 11.2 Å². The number of piperidine rings is 1. The molecule has 2 heterocycles. The first kappa shape index (κ1) is 17.1. The van der Waals surface area contributed by atoms with Gasteiger partial charge in [-0.25, -0.2) is 0 Å². The fourth-order valence-corrected chi connectivity index (χ4v) is 3.64. The molecule has 2 aliphatic rings. The highest BCUT2D eigenvalue weighted by atomic mass is 19.4. The highest BCUT2D eigenvalue weighted by Gasteiger charge is 2.49. The lowest BCUT2D eigenvalue weighted by atomic mass is 9.88. The van der Waals surface area contributed by atoms with Crippen LogP contribution in [0, 0.1) is 11.8 Å². The van der Waals surface area contributed by atoms with Gasteiger partial charge in [0.1, 0.15) is 5.75 Å². The molecule has 0 unspecified atom stereocenters. The third-order valence-corrected chi connectivity index (χ3v) is 4.94. The number of hydrogen-bond donors (Lipinski definition) is 1. The molecular formula is C17H21F3N2O2. The second-order valence-corrected chi connectivity index (χ2v) is 6.63. The van der Waals surface area contributed by atoms with Crippen molar-refractivity contribution in [2.24, 2.45) is 17.6 Å². The number of para-hydroxylation sites is 1. The van der Waals surface area contributed by atoms with Gasteiger partial charge in [-0.1, -0.05) is 18.2 Å². The number of primary amides is 1. The van der Waals surface area contributed by atoms with Crippen LogP contribution in [0.25, 0.3) is 0 Å². The topological polar surface area (TPSA) is 55.6 Å². The molecule has 132 valence electrons. The number of hydrogen-bond acceptors (Lipinski definition) is 3. The average molecular weight is 342 g/mol. The number of amides is 1. The molecule has 3 rings (SSSR count). The smallest absolute Gasteiger partial charge is 0.425 e. The standard InChI is InChI=1S/C17H21F3N2O2/c18-17(19,20)15-13(9-12-3-1-2-4-14(12)24-15)10-22-7-5-11(6-8-22)16(21)23/h1-4,11,13,15H,5-10H2,(H2,21,23)/t13-,15+/m0/s1. The van der Waals surface area contributed by atoms with Crippen molar-refractivity contribution in [2.45, 2.75) is 31.5 Å². The molecule has 0 radical (unpaired) electrons. The average Bonchev–Trinajstić information content (AvgIpc) is 2.54. The van der Waals surface area contributed by atoms with E-state index in [0.29, 0.717) is 44.6 Å². The van der Waals surface area contributed by atoms with E-state index in [4.69, 9.17) is 10.5 Å². The van der Waals surface area contributed by atoms with E-state index in [1.807, 2.05) is 17.0 Å². The van der Waals surface area contributed by atoms with Crippen molar-refractivity contribution in [3.63, 3.8) is 0 Å². The number of fused-ring (bicyclic) bond motifs is 1. The Hall–Kier alpha value is -1.76. The number of carbonyl (C=O) groups is 1. The molecular weight excluding hydrogens is 321 g/mol. The predicted octanol–water partition coefficient (Wildman–Crippen LogP) is 2.37. The Labute approximate surface area is 138 Å². The van der Waals surface area contributed by atoms with E-state index in [-0.39, 0.29) is 11.8 Å². The lowest BCUT2D eigenvalue weighted by Crippen LogP contribution is -2.50. The largest absolute Gasteiger partial charge is 0.480 e. The third kappa shape index (κ3) is 3.66. The minimum atomic E-state index is -4.40. The molecule has 0 aromatic heterocycles.